The molecule has 8 atom stereocenters. The molecule has 3 aliphatic rings. The van der Waals surface area contributed by atoms with Crippen molar-refractivity contribution in [3.63, 3.8) is 0 Å². The molecule has 4 rings (SSSR count). The molecule has 1 aromatic carbocycles. The van der Waals surface area contributed by atoms with Crippen molar-refractivity contribution in [1.82, 2.24) is 0 Å². The number of ether oxygens (including phenoxy) is 3. The Labute approximate surface area is 232 Å². The van der Waals surface area contributed by atoms with Crippen LogP contribution in [0.2, 0.25) is 0 Å². The van der Waals surface area contributed by atoms with E-state index < -0.39 is 30.4 Å². The van der Waals surface area contributed by atoms with Crippen LogP contribution >= 0.6 is 0 Å². The number of hydrogen-bond acceptors (Lipinski definition) is 7. The molecule has 2 aliphatic carbocycles. The van der Waals surface area contributed by atoms with E-state index in [4.69, 9.17) is 14.2 Å². The molecular weight excluding hydrogens is 496 g/mol. The molecule has 0 saturated carbocycles. The Balaban J connectivity index is 1.50. The number of esters is 2. The van der Waals surface area contributed by atoms with Gasteiger partial charge in [-0.3, -0.25) is 4.79 Å². The Kier molecular flexibility index (Phi) is 9.22. The van der Waals surface area contributed by atoms with Gasteiger partial charge in [-0.25, -0.2) is 4.79 Å². The zero-order chi connectivity index (χ0) is 28.3. The van der Waals surface area contributed by atoms with Crippen molar-refractivity contribution in [3.05, 3.63) is 53.6 Å². The van der Waals surface area contributed by atoms with Crippen LogP contribution in [0, 0.1) is 17.8 Å². The monoisotopic (exact) mass is 540 g/mol. The van der Waals surface area contributed by atoms with Crippen LogP contribution in [0.25, 0.3) is 0 Å². The first-order chi connectivity index (χ1) is 18.5. The largest absolute Gasteiger partial charge is 0.478 e. The fourth-order valence-electron chi connectivity index (χ4n) is 6.27. The van der Waals surface area contributed by atoms with Crippen LogP contribution in [-0.4, -0.2) is 52.7 Å². The highest BCUT2D eigenvalue weighted by molar-refractivity contribution is 5.75. The summed E-state index contributed by atoms with van der Waals surface area (Å²) in [4.78, 5) is 25.3. The van der Waals surface area contributed by atoms with Gasteiger partial charge in [0.05, 0.1) is 18.6 Å². The molecule has 1 heterocycles. The minimum Gasteiger partial charge on any atom is -0.478 e. The van der Waals surface area contributed by atoms with Crippen LogP contribution in [0.5, 0.6) is 5.75 Å². The molecule has 0 spiro atoms. The van der Waals surface area contributed by atoms with E-state index in [9.17, 15) is 19.8 Å². The van der Waals surface area contributed by atoms with Gasteiger partial charge in [0.25, 0.3) is 0 Å². The van der Waals surface area contributed by atoms with Gasteiger partial charge < -0.3 is 24.4 Å². The first-order valence-electron chi connectivity index (χ1n) is 14.4. The Morgan fingerprint density at radius 3 is 2.59 bits per heavy atom. The standard InChI is InChI=1S/C32H44O7/c1-6-26(38-27-10-8-7-9-25(27)32(3,4)5)31(36)39-28-17-21(33)15-20-12-11-19(2)24(30(20)28)14-13-23-16-22(34)18-29(35)37-23/h7-12,15,19,21-24,26,28,30,33-34H,6,13-14,16-18H2,1-5H3/t19-,21+,22+,23+,24-,26?,28-,30-/m0/s1. The van der Waals surface area contributed by atoms with Gasteiger partial charge in [-0.2, -0.15) is 0 Å². The smallest absolute Gasteiger partial charge is 0.347 e. The summed E-state index contributed by atoms with van der Waals surface area (Å²) in [5, 5.41) is 20.6. The van der Waals surface area contributed by atoms with Crippen LogP contribution in [0.3, 0.4) is 0 Å². The summed E-state index contributed by atoms with van der Waals surface area (Å²) in [7, 11) is 0. The van der Waals surface area contributed by atoms with Crippen molar-refractivity contribution in [2.45, 2.75) is 109 Å². The minimum atomic E-state index is -0.766. The zero-order valence-electron chi connectivity index (χ0n) is 23.8. The van der Waals surface area contributed by atoms with Gasteiger partial charge >= 0.3 is 11.9 Å². The van der Waals surface area contributed by atoms with Crippen molar-refractivity contribution < 1.29 is 34.0 Å². The van der Waals surface area contributed by atoms with E-state index in [1.807, 2.05) is 43.3 Å². The Hall–Kier alpha value is -2.64. The Morgan fingerprint density at radius 1 is 1.15 bits per heavy atom. The lowest BCUT2D eigenvalue weighted by Crippen LogP contribution is -2.44. The highest BCUT2D eigenvalue weighted by Gasteiger charge is 2.43. The highest BCUT2D eigenvalue weighted by atomic mass is 16.6. The molecule has 0 bridgehead atoms. The van der Waals surface area contributed by atoms with Gasteiger partial charge in [-0.1, -0.05) is 71.0 Å². The number of benzene rings is 1. The Bertz CT molecular complexity index is 1080. The summed E-state index contributed by atoms with van der Waals surface area (Å²) in [5.41, 5.74) is 1.85. The Morgan fingerprint density at radius 2 is 1.90 bits per heavy atom. The summed E-state index contributed by atoms with van der Waals surface area (Å²) < 4.78 is 17.9. The average molecular weight is 541 g/mol. The van der Waals surface area contributed by atoms with Crippen LogP contribution < -0.4 is 4.74 Å². The quantitative estimate of drug-likeness (QED) is 0.446. The minimum absolute atomic E-state index is 0.0470. The highest BCUT2D eigenvalue weighted by Crippen LogP contribution is 2.44. The molecule has 0 aromatic heterocycles. The zero-order valence-corrected chi connectivity index (χ0v) is 23.8. The second kappa shape index (κ2) is 12.3. The van der Waals surface area contributed by atoms with Crippen molar-refractivity contribution in [2.24, 2.45) is 17.8 Å². The van der Waals surface area contributed by atoms with Gasteiger partial charge in [0, 0.05) is 18.8 Å². The van der Waals surface area contributed by atoms with E-state index in [-0.39, 0.29) is 41.7 Å². The number of cyclic esters (lactones) is 1. The molecule has 7 nitrogen and oxygen atoms in total. The number of hydrogen-bond donors (Lipinski definition) is 2. The normalized spacial score (nSPS) is 31.5. The summed E-state index contributed by atoms with van der Waals surface area (Å²) in [6, 6.07) is 7.78. The molecule has 1 unspecified atom stereocenters. The average Bonchev–Trinajstić information content (AvgIpc) is 2.85. The number of para-hydroxylation sites is 1. The summed E-state index contributed by atoms with van der Waals surface area (Å²) in [6.45, 7) is 10.4. The van der Waals surface area contributed by atoms with Crippen LogP contribution in [-0.2, 0) is 24.5 Å². The second-order valence-electron chi connectivity index (χ2n) is 12.4. The second-order valence-corrected chi connectivity index (χ2v) is 12.4. The lowest BCUT2D eigenvalue weighted by Gasteiger charge is -2.43. The van der Waals surface area contributed by atoms with E-state index in [1.165, 1.54) is 0 Å². The lowest BCUT2D eigenvalue weighted by atomic mass is 9.66. The van der Waals surface area contributed by atoms with Crippen LogP contribution in [0.4, 0.5) is 0 Å². The number of rotatable bonds is 8. The van der Waals surface area contributed by atoms with E-state index in [1.54, 1.807) is 0 Å². The maximum atomic E-state index is 13.5. The van der Waals surface area contributed by atoms with Gasteiger partial charge in [0.15, 0.2) is 6.10 Å². The number of aliphatic hydroxyl groups is 2. The molecule has 0 amide bonds. The third-order valence-corrected chi connectivity index (χ3v) is 8.30. The van der Waals surface area contributed by atoms with E-state index in [0.29, 0.717) is 31.4 Å². The SMILES string of the molecule is CCC(Oc1ccccc1C(C)(C)C)C(=O)O[C@H]1C[C@H](O)C=C2C=C[C@H](C)[C@H](CC[C@@H]3C[C@@H](O)CC(=O)O3)[C@H]21. The number of carbonyl (C=O) groups excluding carboxylic acids is 2. The molecule has 1 saturated heterocycles. The number of aliphatic hydroxyl groups excluding tert-OH is 2. The van der Waals surface area contributed by atoms with Crippen LogP contribution in [0.15, 0.2) is 48.1 Å². The summed E-state index contributed by atoms with van der Waals surface area (Å²) in [5.74, 6) is 0.152. The maximum Gasteiger partial charge on any atom is 0.347 e. The summed E-state index contributed by atoms with van der Waals surface area (Å²) in [6.07, 6.45) is 5.72. The van der Waals surface area contributed by atoms with Gasteiger partial charge in [-0.05, 0) is 53.7 Å². The number of allylic oxidation sites excluding steroid dienone is 2. The van der Waals surface area contributed by atoms with Crippen LogP contribution in [0.1, 0.15) is 78.7 Å². The molecule has 7 heteroatoms. The number of fused-ring (bicyclic) bond motifs is 1. The fraction of sp³-hybridized carbons (Fsp3) is 0.625. The van der Waals surface area contributed by atoms with Crippen molar-refractivity contribution >= 4 is 11.9 Å². The van der Waals surface area contributed by atoms with Crippen molar-refractivity contribution in [1.29, 1.82) is 0 Å². The van der Waals surface area contributed by atoms with E-state index >= 15 is 0 Å². The third-order valence-electron chi connectivity index (χ3n) is 8.30. The van der Waals surface area contributed by atoms with E-state index in [2.05, 4.69) is 33.8 Å². The first kappa shape index (κ1) is 29.3. The first-order valence-corrected chi connectivity index (χ1v) is 14.4. The predicted octanol–water partition coefficient (Wildman–Crippen LogP) is 5.03. The van der Waals surface area contributed by atoms with Gasteiger partial charge in [0.2, 0.25) is 0 Å². The van der Waals surface area contributed by atoms with Crippen molar-refractivity contribution in [2.75, 3.05) is 0 Å². The van der Waals surface area contributed by atoms with E-state index in [0.717, 1.165) is 17.6 Å². The molecule has 39 heavy (non-hydrogen) atoms. The molecule has 2 N–H and O–H groups in total. The molecule has 0 radical (unpaired) electrons. The molecule has 1 fully saturated rings. The molecule has 1 aromatic rings. The van der Waals surface area contributed by atoms with Crippen molar-refractivity contribution in [3.8, 4) is 5.75 Å². The topological polar surface area (TPSA) is 102 Å². The van der Waals surface area contributed by atoms with Gasteiger partial charge in [0.1, 0.15) is 18.0 Å². The molecule has 214 valence electrons. The molecular formula is C32H44O7. The summed E-state index contributed by atoms with van der Waals surface area (Å²) >= 11 is 0. The predicted molar refractivity (Wildman–Crippen MR) is 148 cm³/mol. The molecule has 1 aliphatic heterocycles. The lowest BCUT2D eigenvalue weighted by molar-refractivity contribution is -0.165. The number of carbonyl (C=O) groups is 2. The third kappa shape index (κ3) is 7.12. The fourth-order valence-corrected chi connectivity index (χ4v) is 6.27. The van der Waals surface area contributed by atoms with Gasteiger partial charge in [-0.15, -0.1) is 0 Å². The maximum absolute atomic E-state index is 13.5.